The van der Waals surface area contributed by atoms with Crippen LogP contribution < -0.4 is 5.84 Å². The second-order valence-corrected chi connectivity index (χ2v) is 4.28. The molecule has 8 heteroatoms. The van der Waals surface area contributed by atoms with E-state index in [-0.39, 0.29) is 5.75 Å². The van der Waals surface area contributed by atoms with Gasteiger partial charge in [-0.05, 0) is 13.3 Å². The zero-order valence-corrected chi connectivity index (χ0v) is 9.65. The third-order valence-corrected chi connectivity index (χ3v) is 2.77. The quantitative estimate of drug-likeness (QED) is 0.457. The summed E-state index contributed by atoms with van der Waals surface area (Å²) in [5.41, 5.74) is 0. The van der Waals surface area contributed by atoms with Crippen LogP contribution in [0.2, 0.25) is 0 Å². The molecular formula is C8H14N4O3S. The highest BCUT2D eigenvalue weighted by Crippen LogP contribution is 2.14. The highest BCUT2D eigenvalue weighted by atomic mass is 32.2. The van der Waals surface area contributed by atoms with Crippen molar-refractivity contribution in [3.63, 3.8) is 0 Å². The van der Waals surface area contributed by atoms with E-state index in [9.17, 15) is 4.79 Å². The van der Waals surface area contributed by atoms with Gasteiger partial charge in [-0.15, -0.1) is 10.2 Å². The van der Waals surface area contributed by atoms with Crippen molar-refractivity contribution < 1.29 is 15.0 Å². The number of thioether (sulfide) groups is 1. The van der Waals surface area contributed by atoms with E-state index in [0.29, 0.717) is 23.8 Å². The molecule has 0 saturated heterocycles. The molecule has 7 nitrogen and oxygen atoms in total. The van der Waals surface area contributed by atoms with E-state index in [1.54, 1.807) is 6.92 Å². The summed E-state index contributed by atoms with van der Waals surface area (Å²) in [6.45, 7) is 1.68. The molecule has 0 fully saturated rings. The van der Waals surface area contributed by atoms with Gasteiger partial charge in [-0.3, -0.25) is 4.79 Å². The molecule has 0 amide bonds. The average Bonchev–Trinajstić information content (AvgIpc) is 2.53. The van der Waals surface area contributed by atoms with Crippen molar-refractivity contribution in [3.05, 3.63) is 5.82 Å². The molecule has 1 rings (SSSR count). The molecule has 0 aliphatic carbocycles. The summed E-state index contributed by atoms with van der Waals surface area (Å²) in [5, 5.41) is 25.6. The number of aliphatic hydroxyl groups excluding tert-OH is 1. The van der Waals surface area contributed by atoms with E-state index in [4.69, 9.17) is 16.1 Å². The molecule has 1 atom stereocenters. The fourth-order valence-corrected chi connectivity index (χ4v) is 1.64. The number of carboxylic acids is 1. The molecule has 1 aromatic rings. The van der Waals surface area contributed by atoms with Crippen LogP contribution in [0.3, 0.4) is 0 Å². The Bertz CT molecular complexity index is 366. The maximum atomic E-state index is 10.4. The van der Waals surface area contributed by atoms with E-state index in [0.717, 1.165) is 11.8 Å². The number of nitrogens with zero attached hydrogens (tertiary/aromatic N) is 3. The van der Waals surface area contributed by atoms with Crippen LogP contribution in [0.1, 0.15) is 19.2 Å². The second-order valence-electron chi connectivity index (χ2n) is 3.34. The molecule has 1 aromatic heterocycles. The van der Waals surface area contributed by atoms with Crippen molar-refractivity contribution in [1.82, 2.24) is 14.9 Å². The van der Waals surface area contributed by atoms with Gasteiger partial charge in [0.05, 0.1) is 11.9 Å². The van der Waals surface area contributed by atoms with Crippen LogP contribution >= 0.6 is 11.8 Å². The molecule has 0 spiro atoms. The van der Waals surface area contributed by atoms with Gasteiger partial charge in [0.15, 0.2) is 5.82 Å². The van der Waals surface area contributed by atoms with Crippen molar-refractivity contribution in [3.8, 4) is 0 Å². The van der Waals surface area contributed by atoms with Crippen LogP contribution in [0, 0.1) is 0 Å². The summed E-state index contributed by atoms with van der Waals surface area (Å²) < 4.78 is 1.26. The van der Waals surface area contributed by atoms with Crippen molar-refractivity contribution in [2.45, 2.75) is 31.0 Å². The molecule has 0 bridgehead atoms. The highest BCUT2D eigenvalue weighted by Gasteiger charge is 2.12. The largest absolute Gasteiger partial charge is 0.481 e. The van der Waals surface area contributed by atoms with Gasteiger partial charge in [-0.25, -0.2) is 4.68 Å². The summed E-state index contributed by atoms with van der Waals surface area (Å²) in [6.07, 6.45) is 0.625. The lowest BCUT2D eigenvalue weighted by Crippen LogP contribution is -2.16. The van der Waals surface area contributed by atoms with Gasteiger partial charge in [-0.2, -0.15) is 0 Å². The number of nitrogen functional groups attached to an aromatic ring is 1. The number of carboxylic acid groups (broad SMARTS) is 1. The van der Waals surface area contributed by atoms with E-state index < -0.39 is 12.1 Å². The van der Waals surface area contributed by atoms with E-state index in [2.05, 4.69) is 10.2 Å². The smallest absolute Gasteiger partial charge is 0.313 e. The van der Waals surface area contributed by atoms with Crippen LogP contribution in [0.15, 0.2) is 5.16 Å². The van der Waals surface area contributed by atoms with Crippen molar-refractivity contribution in [1.29, 1.82) is 0 Å². The Kier molecular flexibility index (Phi) is 4.56. The third kappa shape index (κ3) is 3.70. The Hall–Kier alpha value is -1.28. The first kappa shape index (κ1) is 12.8. The molecule has 4 N–H and O–H groups in total. The van der Waals surface area contributed by atoms with Crippen molar-refractivity contribution in [2.24, 2.45) is 0 Å². The van der Waals surface area contributed by atoms with Gasteiger partial charge in [0.2, 0.25) is 5.16 Å². The summed E-state index contributed by atoms with van der Waals surface area (Å²) in [5.74, 6) is 5.17. The predicted octanol–water partition coefficient (Wildman–Crippen LogP) is -0.518. The first-order valence-electron chi connectivity index (χ1n) is 4.72. The average molecular weight is 246 g/mol. The number of aliphatic carboxylic acids is 1. The second kappa shape index (κ2) is 5.71. The van der Waals surface area contributed by atoms with Crippen LogP contribution in [0.4, 0.5) is 0 Å². The minimum absolute atomic E-state index is 0.105. The van der Waals surface area contributed by atoms with Gasteiger partial charge in [0.25, 0.3) is 0 Å². The maximum Gasteiger partial charge on any atom is 0.313 e. The Labute approximate surface area is 96.6 Å². The van der Waals surface area contributed by atoms with E-state index in [1.807, 2.05) is 0 Å². The Morgan fingerprint density at radius 3 is 2.88 bits per heavy atom. The molecule has 0 saturated carbocycles. The van der Waals surface area contributed by atoms with Gasteiger partial charge in [0, 0.05) is 6.42 Å². The number of aromatic nitrogens is 3. The lowest BCUT2D eigenvalue weighted by Gasteiger charge is -2.04. The van der Waals surface area contributed by atoms with E-state index >= 15 is 0 Å². The normalized spacial score (nSPS) is 12.6. The third-order valence-electron chi connectivity index (χ3n) is 1.85. The standard InChI is InChI=1S/C8H14N4O3S/c1-5(13)2-3-6-10-11-8(12(6)9)16-4-7(14)15/h5,13H,2-4,9H2,1H3,(H,14,15). The van der Waals surface area contributed by atoms with Crippen LogP contribution in [-0.2, 0) is 11.2 Å². The van der Waals surface area contributed by atoms with Gasteiger partial charge >= 0.3 is 5.97 Å². The minimum atomic E-state index is -0.932. The Morgan fingerprint density at radius 2 is 2.31 bits per heavy atom. The fraction of sp³-hybridized carbons (Fsp3) is 0.625. The number of hydrogen-bond acceptors (Lipinski definition) is 6. The number of nitrogens with two attached hydrogens (primary N) is 1. The molecule has 0 aliphatic heterocycles. The summed E-state index contributed by atoms with van der Waals surface area (Å²) >= 11 is 1.01. The number of rotatable bonds is 6. The lowest BCUT2D eigenvalue weighted by atomic mass is 10.2. The molecule has 1 unspecified atom stereocenters. The molecule has 16 heavy (non-hydrogen) atoms. The summed E-state index contributed by atoms with van der Waals surface area (Å²) in [4.78, 5) is 10.4. The Balaban J connectivity index is 2.57. The molecule has 0 aromatic carbocycles. The summed E-state index contributed by atoms with van der Waals surface area (Å²) in [6, 6.07) is 0. The predicted molar refractivity (Wildman–Crippen MR) is 58.5 cm³/mol. The SMILES string of the molecule is CC(O)CCc1nnc(SCC(=O)O)n1N. The Morgan fingerprint density at radius 1 is 1.62 bits per heavy atom. The van der Waals surface area contributed by atoms with Gasteiger partial charge in [0.1, 0.15) is 0 Å². The molecular weight excluding hydrogens is 232 g/mol. The van der Waals surface area contributed by atoms with E-state index in [1.165, 1.54) is 4.68 Å². The molecule has 90 valence electrons. The topological polar surface area (TPSA) is 114 Å². The molecule has 0 radical (unpaired) electrons. The van der Waals surface area contributed by atoms with Crippen LogP contribution in [0.5, 0.6) is 0 Å². The number of hydrogen-bond donors (Lipinski definition) is 3. The highest BCUT2D eigenvalue weighted by molar-refractivity contribution is 7.99. The number of aliphatic hydroxyl groups is 1. The number of aryl methyl sites for hydroxylation is 1. The zero-order valence-electron chi connectivity index (χ0n) is 8.83. The maximum absolute atomic E-state index is 10.4. The van der Waals surface area contributed by atoms with Crippen LogP contribution in [0.25, 0.3) is 0 Å². The monoisotopic (exact) mass is 246 g/mol. The van der Waals surface area contributed by atoms with Crippen molar-refractivity contribution in [2.75, 3.05) is 11.6 Å². The van der Waals surface area contributed by atoms with Crippen molar-refractivity contribution >= 4 is 17.7 Å². The first-order chi connectivity index (χ1) is 7.50. The molecule has 1 heterocycles. The zero-order chi connectivity index (χ0) is 12.1. The lowest BCUT2D eigenvalue weighted by molar-refractivity contribution is -0.133. The van der Waals surface area contributed by atoms with Crippen LogP contribution in [-0.4, -0.2) is 42.9 Å². The number of carbonyl (C=O) groups is 1. The fourth-order valence-electron chi connectivity index (χ4n) is 1.04. The minimum Gasteiger partial charge on any atom is -0.481 e. The van der Waals surface area contributed by atoms with Gasteiger partial charge < -0.3 is 16.1 Å². The molecule has 0 aliphatic rings. The first-order valence-corrected chi connectivity index (χ1v) is 5.71. The van der Waals surface area contributed by atoms with Gasteiger partial charge in [-0.1, -0.05) is 11.8 Å². The summed E-state index contributed by atoms with van der Waals surface area (Å²) in [7, 11) is 0.